The Morgan fingerprint density at radius 2 is 2.06 bits per heavy atom. The Hall–Kier alpha value is -0.610. The van der Waals surface area contributed by atoms with Crippen LogP contribution in [-0.4, -0.2) is 48.6 Å². The first-order valence-electron chi connectivity index (χ1n) is 7.58. The fourth-order valence-corrected chi connectivity index (χ4v) is 3.83. The summed E-state index contributed by atoms with van der Waals surface area (Å²) in [6.07, 6.45) is 8.24. The smallest absolute Gasteiger partial charge is 0.221 e. The molecule has 2 N–H and O–H groups in total. The third kappa shape index (κ3) is 2.86. The molecule has 0 aromatic carbocycles. The van der Waals surface area contributed by atoms with E-state index >= 15 is 0 Å². The van der Waals surface area contributed by atoms with Crippen LogP contribution in [-0.2, 0) is 4.79 Å². The van der Waals surface area contributed by atoms with Gasteiger partial charge in [0.2, 0.25) is 5.91 Å². The van der Waals surface area contributed by atoms with Gasteiger partial charge in [0.05, 0.1) is 0 Å². The fourth-order valence-electron chi connectivity index (χ4n) is 3.83. The quantitative estimate of drug-likeness (QED) is 0.765. The molecule has 18 heavy (non-hydrogen) atoms. The lowest BCUT2D eigenvalue weighted by molar-refractivity contribution is -0.121. The largest absolute Gasteiger partial charge is 0.356 e. The van der Waals surface area contributed by atoms with E-state index in [1.165, 1.54) is 38.8 Å². The molecular formula is C14H25N3O. The highest BCUT2D eigenvalue weighted by Gasteiger charge is 2.32. The Morgan fingerprint density at radius 3 is 3.00 bits per heavy atom. The van der Waals surface area contributed by atoms with Crippen molar-refractivity contribution in [3.8, 4) is 0 Å². The van der Waals surface area contributed by atoms with Crippen molar-refractivity contribution in [2.24, 2.45) is 0 Å². The molecule has 0 aliphatic carbocycles. The summed E-state index contributed by atoms with van der Waals surface area (Å²) in [7, 11) is 0. The van der Waals surface area contributed by atoms with E-state index in [4.69, 9.17) is 0 Å². The van der Waals surface area contributed by atoms with E-state index in [9.17, 15) is 4.79 Å². The van der Waals surface area contributed by atoms with E-state index in [1.54, 1.807) is 0 Å². The molecule has 4 nitrogen and oxygen atoms in total. The highest BCUT2D eigenvalue weighted by Crippen LogP contribution is 2.27. The summed E-state index contributed by atoms with van der Waals surface area (Å²) in [5.74, 6) is 0.225. The number of carbonyl (C=O) groups excluding carboxylic acids is 1. The van der Waals surface area contributed by atoms with Crippen LogP contribution < -0.4 is 10.6 Å². The maximum Gasteiger partial charge on any atom is 0.221 e. The number of nitrogens with zero attached hydrogens (tertiary/aromatic N) is 1. The number of rotatable bonds is 2. The standard InChI is InChI=1S/C14H25N3O/c18-14-10-11(3-1-6-15-14)16-12-5-8-17-7-2-4-13(17)9-12/h11-13,16H,1-10H2,(H,15,18). The van der Waals surface area contributed by atoms with Crippen LogP contribution in [0.4, 0.5) is 0 Å². The second kappa shape index (κ2) is 5.57. The molecule has 0 radical (unpaired) electrons. The molecule has 102 valence electrons. The van der Waals surface area contributed by atoms with Crippen molar-refractivity contribution in [1.29, 1.82) is 0 Å². The van der Waals surface area contributed by atoms with E-state index in [2.05, 4.69) is 15.5 Å². The minimum absolute atomic E-state index is 0.225. The van der Waals surface area contributed by atoms with E-state index in [-0.39, 0.29) is 5.91 Å². The summed E-state index contributed by atoms with van der Waals surface area (Å²) in [6, 6.07) is 1.86. The van der Waals surface area contributed by atoms with Crippen LogP contribution in [0.15, 0.2) is 0 Å². The second-order valence-corrected chi connectivity index (χ2v) is 6.11. The first-order chi connectivity index (χ1) is 8.81. The summed E-state index contributed by atoms with van der Waals surface area (Å²) < 4.78 is 0. The van der Waals surface area contributed by atoms with Crippen molar-refractivity contribution in [3.63, 3.8) is 0 Å². The van der Waals surface area contributed by atoms with Gasteiger partial charge in [0.25, 0.3) is 0 Å². The van der Waals surface area contributed by atoms with Gasteiger partial charge in [-0.05, 0) is 51.6 Å². The third-order valence-corrected chi connectivity index (χ3v) is 4.78. The summed E-state index contributed by atoms with van der Waals surface area (Å²) in [4.78, 5) is 14.2. The molecule has 3 saturated heterocycles. The van der Waals surface area contributed by atoms with Crippen LogP contribution in [0.1, 0.15) is 44.9 Å². The van der Waals surface area contributed by atoms with E-state index < -0.39 is 0 Å². The second-order valence-electron chi connectivity index (χ2n) is 6.11. The van der Waals surface area contributed by atoms with Crippen molar-refractivity contribution in [3.05, 3.63) is 0 Å². The van der Waals surface area contributed by atoms with Gasteiger partial charge >= 0.3 is 0 Å². The molecule has 0 bridgehead atoms. The first-order valence-corrected chi connectivity index (χ1v) is 7.58. The van der Waals surface area contributed by atoms with Crippen LogP contribution in [0, 0.1) is 0 Å². The van der Waals surface area contributed by atoms with Gasteiger partial charge in [-0.25, -0.2) is 0 Å². The Morgan fingerprint density at radius 1 is 1.11 bits per heavy atom. The van der Waals surface area contributed by atoms with Crippen molar-refractivity contribution >= 4 is 5.91 Å². The average Bonchev–Trinajstić information content (AvgIpc) is 2.72. The van der Waals surface area contributed by atoms with Gasteiger partial charge in [-0.3, -0.25) is 4.79 Å². The normalized spacial score (nSPS) is 38.0. The summed E-state index contributed by atoms with van der Waals surface area (Å²) in [5, 5.41) is 6.71. The zero-order valence-electron chi connectivity index (χ0n) is 11.2. The maximum absolute atomic E-state index is 11.6. The Kier molecular flexibility index (Phi) is 3.85. The van der Waals surface area contributed by atoms with E-state index in [0.29, 0.717) is 18.5 Å². The molecule has 0 aromatic rings. The van der Waals surface area contributed by atoms with Crippen LogP contribution in [0.3, 0.4) is 0 Å². The molecular weight excluding hydrogens is 226 g/mol. The SMILES string of the molecule is O=C1CC(NC2CCN3CCCC3C2)CCCN1. The molecule has 3 rings (SSSR count). The van der Waals surface area contributed by atoms with Gasteiger partial charge in [0.1, 0.15) is 0 Å². The van der Waals surface area contributed by atoms with Crippen LogP contribution >= 0.6 is 0 Å². The lowest BCUT2D eigenvalue weighted by atomic mass is 9.96. The monoisotopic (exact) mass is 251 g/mol. The highest BCUT2D eigenvalue weighted by molar-refractivity contribution is 5.76. The molecule has 3 atom stereocenters. The number of fused-ring (bicyclic) bond motifs is 1. The Balaban J connectivity index is 1.51. The van der Waals surface area contributed by atoms with E-state index in [1.807, 2.05) is 0 Å². The van der Waals surface area contributed by atoms with Gasteiger partial charge in [0.15, 0.2) is 0 Å². The topological polar surface area (TPSA) is 44.4 Å². The summed E-state index contributed by atoms with van der Waals surface area (Å²) in [6.45, 7) is 3.42. The Bertz CT molecular complexity index is 307. The van der Waals surface area contributed by atoms with Crippen molar-refractivity contribution in [1.82, 2.24) is 15.5 Å². The molecule has 4 heteroatoms. The molecule has 0 spiro atoms. The molecule has 3 aliphatic heterocycles. The van der Waals surface area contributed by atoms with Crippen LogP contribution in [0.25, 0.3) is 0 Å². The lowest BCUT2D eigenvalue weighted by Crippen LogP contribution is -2.49. The number of amides is 1. The van der Waals surface area contributed by atoms with Crippen molar-refractivity contribution in [2.45, 2.75) is 63.1 Å². The molecule has 3 heterocycles. The van der Waals surface area contributed by atoms with Gasteiger partial charge in [-0.1, -0.05) is 0 Å². The molecule has 1 amide bonds. The van der Waals surface area contributed by atoms with Crippen LogP contribution in [0.2, 0.25) is 0 Å². The van der Waals surface area contributed by atoms with Gasteiger partial charge in [0, 0.05) is 31.1 Å². The van der Waals surface area contributed by atoms with Gasteiger partial charge in [-0.2, -0.15) is 0 Å². The summed E-state index contributed by atoms with van der Waals surface area (Å²) >= 11 is 0. The van der Waals surface area contributed by atoms with Gasteiger partial charge < -0.3 is 15.5 Å². The number of hydrogen-bond acceptors (Lipinski definition) is 3. The lowest BCUT2D eigenvalue weighted by Gasteiger charge is -2.36. The number of carbonyl (C=O) groups is 1. The predicted octanol–water partition coefficient (Wildman–Crippen LogP) is 0.872. The third-order valence-electron chi connectivity index (χ3n) is 4.78. The zero-order chi connectivity index (χ0) is 12.4. The zero-order valence-corrected chi connectivity index (χ0v) is 11.2. The van der Waals surface area contributed by atoms with E-state index in [0.717, 1.165) is 25.4 Å². The number of hydrogen-bond donors (Lipinski definition) is 2. The van der Waals surface area contributed by atoms with Crippen LogP contribution in [0.5, 0.6) is 0 Å². The molecule has 0 saturated carbocycles. The van der Waals surface area contributed by atoms with Gasteiger partial charge in [-0.15, -0.1) is 0 Å². The molecule has 3 aliphatic rings. The predicted molar refractivity (Wildman–Crippen MR) is 71.4 cm³/mol. The Labute approximate surface area is 109 Å². The number of piperidine rings is 1. The average molecular weight is 251 g/mol. The maximum atomic E-state index is 11.6. The molecule has 3 unspecified atom stereocenters. The fraction of sp³-hybridized carbons (Fsp3) is 0.929. The van der Waals surface area contributed by atoms with Crippen molar-refractivity contribution < 1.29 is 4.79 Å². The molecule has 3 fully saturated rings. The first kappa shape index (κ1) is 12.4. The summed E-state index contributed by atoms with van der Waals surface area (Å²) in [5.41, 5.74) is 0. The molecule has 0 aromatic heterocycles. The minimum atomic E-state index is 0.225. The number of nitrogens with one attached hydrogen (secondary N) is 2. The highest BCUT2D eigenvalue weighted by atomic mass is 16.1. The minimum Gasteiger partial charge on any atom is -0.356 e. The van der Waals surface area contributed by atoms with Crippen molar-refractivity contribution in [2.75, 3.05) is 19.6 Å².